The molecule has 3 N–H and O–H groups in total. The molecule has 2 aromatic rings. The fourth-order valence-electron chi connectivity index (χ4n) is 1.56. The first-order chi connectivity index (χ1) is 8.16. The fraction of sp³-hybridized carbons (Fsp3) is 0.333. The zero-order valence-corrected chi connectivity index (χ0v) is 10.7. The van der Waals surface area contributed by atoms with Crippen LogP contribution in [0, 0.1) is 6.92 Å². The third-order valence-electron chi connectivity index (χ3n) is 2.56. The van der Waals surface area contributed by atoms with Gasteiger partial charge in [-0.3, -0.25) is 5.10 Å². The second kappa shape index (κ2) is 5.33. The minimum absolute atomic E-state index is 0.0139. The second-order valence-corrected chi connectivity index (χ2v) is 5.31. The van der Waals surface area contributed by atoms with Gasteiger partial charge in [0, 0.05) is 11.3 Å². The van der Waals surface area contributed by atoms with Crippen LogP contribution in [-0.2, 0) is 0 Å². The zero-order valence-electron chi connectivity index (χ0n) is 9.92. The second-order valence-electron chi connectivity index (χ2n) is 3.96. The van der Waals surface area contributed by atoms with Crippen molar-refractivity contribution in [3.05, 3.63) is 41.7 Å². The first-order valence-corrected chi connectivity index (χ1v) is 6.41. The van der Waals surface area contributed by atoms with Gasteiger partial charge in [-0.15, -0.1) is 5.10 Å². The summed E-state index contributed by atoms with van der Waals surface area (Å²) in [5.41, 5.74) is 7.35. The number of rotatable bonds is 4. The largest absolute Gasteiger partial charge is 0.323 e. The van der Waals surface area contributed by atoms with Crippen LogP contribution in [0.3, 0.4) is 0 Å². The first-order valence-electron chi connectivity index (χ1n) is 5.53. The van der Waals surface area contributed by atoms with E-state index in [4.69, 9.17) is 5.73 Å². The molecule has 0 aliphatic rings. The number of nitrogens with zero attached hydrogens (tertiary/aromatic N) is 2. The average molecular weight is 248 g/mol. The molecule has 0 amide bonds. The van der Waals surface area contributed by atoms with Crippen molar-refractivity contribution in [1.82, 2.24) is 15.2 Å². The van der Waals surface area contributed by atoms with Gasteiger partial charge in [-0.25, -0.2) is 4.98 Å². The molecule has 0 fully saturated rings. The Balaban J connectivity index is 2.03. The Labute approximate surface area is 105 Å². The number of aromatic amines is 1. The lowest BCUT2D eigenvalue weighted by Gasteiger charge is -2.18. The Morgan fingerprint density at radius 2 is 2.00 bits per heavy atom. The van der Waals surface area contributed by atoms with Crippen LogP contribution in [0.1, 0.15) is 24.4 Å². The van der Waals surface area contributed by atoms with Crippen LogP contribution in [0.5, 0.6) is 0 Å². The smallest absolute Gasteiger partial charge is 0.208 e. The molecule has 0 bridgehead atoms. The molecule has 0 spiro atoms. The number of nitrogens with two attached hydrogens (primary N) is 1. The van der Waals surface area contributed by atoms with Gasteiger partial charge in [0.15, 0.2) is 0 Å². The Morgan fingerprint density at radius 3 is 2.59 bits per heavy atom. The van der Waals surface area contributed by atoms with Crippen molar-refractivity contribution >= 4 is 11.8 Å². The SMILES string of the molecule is Cc1nc(SC(C)C(N)c2ccccc2)n[nH]1. The normalized spacial score (nSPS) is 14.5. The van der Waals surface area contributed by atoms with Gasteiger partial charge in [0.05, 0.1) is 0 Å². The predicted molar refractivity (Wildman–Crippen MR) is 69.8 cm³/mol. The molecule has 1 heterocycles. The van der Waals surface area contributed by atoms with Gasteiger partial charge >= 0.3 is 0 Å². The van der Waals surface area contributed by atoms with Crippen LogP contribution in [0.25, 0.3) is 0 Å². The van der Waals surface area contributed by atoms with Crippen molar-refractivity contribution in [2.75, 3.05) is 0 Å². The highest BCUT2D eigenvalue weighted by Gasteiger charge is 2.17. The number of aromatic nitrogens is 3. The van der Waals surface area contributed by atoms with Crippen LogP contribution in [0.15, 0.2) is 35.5 Å². The lowest BCUT2D eigenvalue weighted by molar-refractivity contribution is 0.712. The maximum atomic E-state index is 6.21. The summed E-state index contributed by atoms with van der Waals surface area (Å²) in [6.07, 6.45) is 0. The molecule has 0 saturated heterocycles. The Kier molecular flexibility index (Phi) is 3.81. The van der Waals surface area contributed by atoms with Gasteiger partial charge < -0.3 is 5.73 Å². The molecule has 90 valence electrons. The first kappa shape index (κ1) is 12.1. The number of aryl methyl sites for hydroxylation is 1. The van der Waals surface area contributed by atoms with E-state index in [-0.39, 0.29) is 11.3 Å². The molecule has 17 heavy (non-hydrogen) atoms. The third-order valence-corrected chi connectivity index (χ3v) is 3.62. The quantitative estimate of drug-likeness (QED) is 0.815. The Morgan fingerprint density at radius 1 is 1.29 bits per heavy atom. The molecule has 0 radical (unpaired) electrons. The van der Waals surface area contributed by atoms with E-state index in [1.807, 2.05) is 37.3 Å². The summed E-state index contributed by atoms with van der Waals surface area (Å²) in [7, 11) is 0. The van der Waals surface area contributed by atoms with Gasteiger partial charge in [0.2, 0.25) is 5.16 Å². The predicted octanol–water partition coefficient (Wildman–Crippen LogP) is 2.29. The molecule has 0 aliphatic carbocycles. The highest BCUT2D eigenvalue weighted by molar-refractivity contribution is 7.99. The highest BCUT2D eigenvalue weighted by atomic mass is 32.2. The molecular formula is C12H16N4S. The van der Waals surface area contributed by atoms with Crippen molar-refractivity contribution in [1.29, 1.82) is 0 Å². The van der Waals surface area contributed by atoms with Crippen molar-refractivity contribution in [3.8, 4) is 0 Å². The summed E-state index contributed by atoms with van der Waals surface area (Å²) in [4.78, 5) is 4.27. The molecule has 4 nitrogen and oxygen atoms in total. The molecule has 2 rings (SSSR count). The number of benzene rings is 1. The van der Waals surface area contributed by atoms with Gasteiger partial charge in [0.1, 0.15) is 5.82 Å². The summed E-state index contributed by atoms with van der Waals surface area (Å²) < 4.78 is 0. The van der Waals surface area contributed by atoms with Crippen LogP contribution in [0.2, 0.25) is 0 Å². The minimum atomic E-state index is -0.0139. The number of H-pyrrole nitrogens is 1. The molecular weight excluding hydrogens is 232 g/mol. The number of nitrogens with one attached hydrogen (secondary N) is 1. The summed E-state index contributed by atoms with van der Waals surface area (Å²) in [5, 5.41) is 7.91. The maximum Gasteiger partial charge on any atom is 0.208 e. The zero-order chi connectivity index (χ0) is 12.3. The van der Waals surface area contributed by atoms with Crippen LogP contribution in [-0.4, -0.2) is 20.4 Å². The van der Waals surface area contributed by atoms with E-state index in [9.17, 15) is 0 Å². The van der Waals surface area contributed by atoms with E-state index < -0.39 is 0 Å². The number of hydrogen-bond acceptors (Lipinski definition) is 4. The van der Waals surface area contributed by atoms with Gasteiger partial charge in [0.25, 0.3) is 0 Å². The van der Waals surface area contributed by atoms with E-state index in [1.165, 1.54) is 0 Å². The van der Waals surface area contributed by atoms with E-state index in [1.54, 1.807) is 11.8 Å². The summed E-state index contributed by atoms with van der Waals surface area (Å²) in [6, 6.07) is 10.1. The molecule has 0 saturated carbocycles. The van der Waals surface area contributed by atoms with Crippen molar-refractivity contribution in [3.63, 3.8) is 0 Å². The summed E-state index contributed by atoms with van der Waals surface area (Å²) in [5.74, 6) is 0.827. The molecule has 1 aromatic heterocycles. The maximum absolute atomic E-state index is 6.21. The molecule has 0 aliphatic heterocycles. The Hall–Kier alpha value is -1.33. The molecule has 1 aromatic carbocycles. The van der Waals surface area contributed by atoms with E-state index in [0.717, 1.165) is 16.5 Å². The van der Waals surface area contributed by atoms with Gasteiger partial charge in [-0.05, 0) is 12.5 Å². The van der Waals surface area contributed by atoms with Crippen LogP contribution < -0.4 is 5.73 Å². The average Bonchev–Trinajstić information content (AvgIpc) is 2.75. The molecule has 2 atom stereocenters. The summed E-state index contributed by atoms with van der Waals surface area (Å²) in [6.45, 7) is 3.98. The van der Waals surface area contributed by atoms with Crippen molar-refractivity contribution in [2.45, 2.75) is 30.3 Å². The van der Waals surface area contributed by atoms with E-state index >= 15 is 0 Å². The number of thioether (sulfide) groups is 1. The Bertz CT molecular complexity index is 468. The van der Waals surface area contributed by atoms with Crippen molar-refractivity contribution < 1.29 is 0 Å². The fourth-order valence-corrected chi connectivity index (χ4v) is 2.49. The van der Waals surface area contributed by atoms with E-state index in [0.29, 0.717) is 0 Å². The molecule has 5 heteroatoms. The van der Waals surface area contributed by atoms with Crippen molar-refractivity contribution in [2.24, 2.45) is 5.73 Å². The summed E-state index contributed by atoms with van der Waals surface area (Å²) >= 11 is 1.59. The van der Waals surface area contributed by atoms with Crippen LogP contribution in [0.4, 0.5) is 0 Å². The monoisotopic (exact) mass is 248 g/mol. The lowest BCUT2D eigenvalue weighted by Crippen LogP contribution is -2.21. The molecule has 2 unspecified atom stereocenters. The standard InChI is InChI=1S/C12H16N4S/c1-8(17-12-14-9(2)15-16-12)11(13)10-6-4-3-5-7-10/h3-8,11H,13H2,1-2H3,(H,14,15,16). The highest BCUT2D eigenvalue weighted by Crippen LogP contribution is 2.28. The lowest BCUT2D eigenvalue weighted by atomic mass is 10.1. The number of hydrogen-bond donors (Lipinski definition) is 2. The van der Waals surface area contributed by atoms with Gasteiger partial charge in [-0.2, -0.15) is 0 Å². The van der Waals surface area contributed by atoms with Crippen LogP contribution >= 0.6 is 11.8 Å². The van der Waals surface area contributed by atoms with Gasteiger partial charge in [-0.1, -0.05) is 49.0 Å². The topological polar surface area (TPSA) is 67.6 Å². The van der Waals surface area contributed by atoms with E-state index in [2.05, 4.69) is 22.1 Å². The minimum Gasteiger partial charge on any atom is -0.323 e. The third kappa shape index (κ3) is 3.08.